The van der Waals surface area contributed by atoms with Crippen molar-refractivity contribution in [3.63, 3.8) is 0 Å². The number of rotatable bonds is 2. The molecule has 0 saturated carbocycles. The quantitative estimate of drug-likeness (QED) is 0.716. The summed E-state index contributed by atoms with van der Waals surface area (Å²) >= 11 is 6.32. The van der Waals surface area contributed by atoms with E-state index in [2.05, 4.69) is 48.6 Å². The van der Waals surface area contributed by atoms with E-state index in [1.165, 1.54) is 42.4 Å². The maximum absolute atomic E-state index is 6.32. The maximum atomic E-state index is 6.32. The average molecular weight is 286 g/mol. The molecule has 1 atom stereocenters. The van der Waals surface area contributed by atoms with Gasteiger partial charge in [-0.1, -0.05) is 48.4 Å². The van der Waals surface area contributed by atoms with Crippen molar-refractivity contribution in [2.45, 2.75) is 38.6 Å². The summed E-state index contributed by atoms with van der Waals surface area (Å²) in [6, 6.07) is 15.3. The number of fused-ring (bicyclic) bond motifs is 1. The van der Waals surface area contributed by atoms with Crippen LogP contribution in [-0.2, 0) is 6.42 Å². The van der Waals surface area contributed by atoms with E-state index in [9.17, 15) is 0 Å². The number of hydrogen-bond acceptors (Lipinski definition) is 1. The summed E-state index contributed by atoms with van der Waals surface area (Å²) in [6.07, 6.45) is 4.89. The first-order valence-corrected chi connectivity index (χ1v) is 7.72. The van der Waals surface area contributed by atoms with Gasteiger partial charge in [-0.15, -0.1) is 0 Å². The summed E-state index contributed by atoms with van der Waals surface area (Å²) in [5, 5.41) is 4.46. The van der Waals surface area contributed by atoms with Gasteiger partial charge in [0.2, 0.25) is 0 Å². The molecule has 0 aromatic heterocycles. The Morgan fingerprint density at radius 3 is 2.85 bits per heavy atom. The summed E-state index contributed by atoms with van der Waals surface area (Å²) in [5.74, 6) is 0. The topological polar surface area (TPSA) is 12.0 Å². The van der Waals surface area contributed by atoms with Crippen molar-refractivity contribution >= 4 is 17.3 Å². The largest absolute Gasteiger partial charge is 0.377 e. The van der Waals surface area contributed by atoms with Crippen LogP contribution in [-0.4, -0.2) is 0 Å². The van der Waals surface area contributed by atoms with E-state index < -0.39 is 0 Å². The lowest BCUT2D eigenvalue weighted by atomic mass is 9.99. The molecule has 0 aliphatic heterocycles. The second-order valence-electron chi connectivity index (χ2n) is 5.62. The fraction of sp³-hybridized carbons (Fsp3) is 0.333. The van der Waals surface area contributed by atoms with Crippen molar-refractivity contribution in [2.75, 3.05) is 5.32 Å². The van der Waals surface area contributed by atoms with Crippen molar-refractivity contribution < 1.29 is 0 Å². The minimum Gasteiger partial charge on any atom is -0.377 e. The minimum atomic E-state index is 0.369. The van der Waals surface area contributed by atoms with Gasteiger partial charge in [0.05, 0.1) is 16.8 Å². The second kappa shape index (κ2) is 5.88. The first-order valence-electron chi connectivity index (χ1n) is 7.34. The molecule has 1 aliphatic carbocycles. The Hall–Kier alpha value is -1.47. The molecule has 1 unspecified atom stereocenters. The highest BCUT2D eigenvalue weighted by molar-refractivity contribution is 6.33. The summed E-state index contributed by atoms with van der Waals surface area (Å²) in [5.41, 5.74) is 5.20. The van der Waals surface area contributed by atoms with Crippen molar-refractivity contribution in [3.05, 3.63) is 64.2 Å². The van der Waals surface area contributed by atoms with E-state index in [0.29, 0.717) is 6.04 Å². The number of anilines is 1. The van der Waals surface area contributed by atoms with Crippen LogP contribution in [0, 0.1) is 6.92 Å². The fourth-order valence-electron chi connectivity index (χ4n) is 3.01. The molecule has 2 heteroatoms. The van der Waals surface area contributed by atoms with Crippen molar-refractivity contribution in [2.24, 2.45) is 0 Å². The Morgan fingerprint density at radius 2 is 1.95 bits per heavy atom. The van der Waals surface area contributed by atoms with Crippen LogP contribution >= 0.6 is 11.6 Å². The summed E-state index contributed by atoms with van der Waals surface area (Å²) in [4.78, 5) is 0. The van der Waals surface area contributed by atoms with Gasteiger partial charge in [0.25, 0.3) is 0 Å². The van der Waals surface area contributed by atoms with Crippen LogP contribution in [0.3, 0.4) is 0 Å². The lowest BCUT2D eigenvalue weighted by Crippen LogP contribution is -2.11. The number of hydrogen-bond donors (Lipinski definition) is 1. The van der Waals surface area contributed by atoms with Crippen LogP contribution in [0.25, 0.3) is 0 Å². The smallest absolute Gasteiger partial charge is 0.0637 e. The summed E-state index contributed by atoms with van der Waals surface area (Å²) in [7, 11) is 0. The first kappa shape index (κ1) is 13.5. The molecule has 1 aliphatic rings. The molecule has 20 heavy (non-hydrogen) atoms. The number of benzene rings is 2. The Morgan fingerprint density at radius 1 is 1.10 bits per heavy atom. The van der Waals surface area contributed by atoms with Gasteiger partial charge in [0, 0.05) is 0 Å². The van der Waals surface area contributed by atoms with Gasteiger partial charge in [0.15, 0.2) is 0 Å². The van der Waals surface area contributed by atoms with E-state index in [1.54, 1.807) is 0 Å². The molecule has 1 nitrogen and oxygen atoms in total. The lowest BCUT2D eigenvalue weighted by Gasteiger charge is -2.21. The number of nitrogens with one attached hydrogen (secondary N) is 1. The molecular formula is C18H20ClN. The predicted molar refractivity (Wildman–Crippen MR) is 86.5 cm³/mol. The fourth-order valence-corrected chi connectivity index (χ4v) is 3.18. The van der Waals surface area contributed by atoms with Crippen LogP contribution in [0.15, 0.2) is 42.5 Å². The molecule has 1 N–H and O–H groups in total. The van der Waals surface area contributed by atoms with Crippen LogP contribution in [0.2, 0.25) is 5.02 Å². The molecule has 0 amide bonds. The van der Waals surface area contributed by atoms with Gasteiger partial charge in [0.1, 0.15) is 0 Å². The van der Waals surface area contributed by atoms with Gasteiger partial charge in [-0.2, -0.15) is 0 Å². The molecule has 2 aromatic carbocycles. The van der Waals surface area contributed by atoms with Gasteiger partial charge >= 0.3 is 0 Å². The Bertz CT molecular complexity index is 606. The molecule has 104 valence electrons. The van der Waals surface area contributed by atoms with Gasteiger partial charge < -0.3 is 5.32 Å². The highest BCUT2D eigenvalue weighted by atomic mass is 35.5. The van der Waals surface area contributed by atoms with Crippen molar-refractivity contribution in [3.8, 4) is 0 Å². The normalized spacial score (nSPS) is 18.2. The zero-order valence-corrected chi connectivity index (χ0v) is 12.6. The maximum Gasteiger partial charge on any atom is 0.0637 e. The van der Waals surface area contributed by atoms with Gasteiger partial charge in [-0.05, 0) is 55.0 Å². The average Bonchev–Trinajstić information content (AvgIpc) is 2.66. The lowest BCUT2D eigenvalue weighted by molar-refractivity contribution is 0.644. The van der Waals surface area contributed by atoms with Crippen molar-refractivity contribution in [1.82, 2.24) is 0 Å². The van der Waals surface area contributed by atoms with E-state index in [-0.39, 0.29) is 0 Å². The van der Waals surface area contributed by atoms with Crippen LogP contribution in [0.4, 0.5) is 5.69 Å². The molecule has 0 saturated heterocycles. The third-order valence-electron chi connectivity index (χ3n) is 4.07. The van der Waals surface area contributed by atoms with Crippen LogP contribution < -0.4 is 5.32 Å². The zero-order valence-electron chi connectivity index (χ0n) is 11.8. The summed E-state index contributed by atoms with van der Waals surface area (Å²) < 4.78 is 0. The SMILES string of the molecule is Cc1ccc(Cl)c(NC2CCCCc3ccccc32)c1. The monoisotopic (exact) mass is 285 g/mol. The predicted octanol–water partition coefficient (Wildman–Crippen LogP) is 5.53. The van der Waals surface area contributed by atoms with Crippen molar-refractivity contribution in [1.29, 1.82) is 0 Å². The Kier molecular flexibility index (Phi) is 3.98. The third kappa shape index (κ3) is 2.83. The molecule has 0 heterocycles. The van der Waals surface area contributed by atoms with E-state index >= 15 is 0 Å². The van der Waals surface area contributed by atoms with Crippen LogP contribution in [0.1, 0.15) is 42.0 Å². The van der Waals surface area contributed by atoms with Gasteiger partial charge in [-0.25, -0.2) is 0 Å². The molecule has 0 bridgehead atoms. The Labute approximate surface area is 126 Å². The third-order valence-corrected chi connectivity index (χ3v) is 4.40. The number of aryl methyl sites for hydroxylation is 2. The van der Waals surface area contributed by atoms with E-state index in [1.807, 2.05) is 6.07 Å². The van der Waals surface area contributed by atoms with Crippen LogP contribution in [0.5, 0.6) is 0 Å². The number of halogens is 1. The highest BCUT2D eigenvalue weighted by Crippen LogP contribution is 2.33. The highest BCUT2D eigenvalue weighted by Gasteiger charge is 2.18. The Balaban J connectivity index is 1.92. The standard InChI is InChI=1S/C18H20ClN/c1-13-10-11-16(19)18(12-13)20-17-9-5-3-7-14-6-2-4-8-15(14)17/h2,4,6,8,10-12,17,20H,3,5,7,9H2,1H3. The van der Waals surface area contributed by atoms with E-state index in [0.717, 1.165) is 10.7 Å². The van der Waals surface area contributed by atoms with Gasteiger partial charge in [-0.3, -0.25) is 0 Å². The first-order chi connectivity index (χ1) is 9.74. The molecule has 0 fully saturated rings. The van der Waals surface area contributed by atoms with E-state index in [4.69, 9.17) is 11.6 Å². The second-order valence-corrected chi connectivity index (χ2v) is 6.03. The molecule has 0 radical (unpaired) electrons. The molecular weight excluding hydrogens is 266 g/mol. The minimum absolute atomic E-state index is 0.369. The zero-order chi connectivity index (χ0) is 13.9. The molecule has 2 aromatic rings. The molecule has 3 rings (SSSR count). The molecule has 0 spiro atoms. The summed E-state index contributed by atoms with van der Waals surface area (Å²) in [6.45, 7) is 2.10.